The molecule has 2 aliphatic heterocycles. The van der Waals surface area contributed by atoms with Crippen molar-refractivity contribution in [3.8, 4) is 0 Å². The number of ether oxygens (including phenoxy) is 4. The molecule has 0 aromatic rings. The van der Waals surface area contributed by atoms with Gasteiger partial charge in [-0.2, -0.15) is 25.3 Å². The Kier molecular flexibility index (Phi) is 10.9. The number of rotatable bonds is 10. The molecular formula is C17H32O10S2. The summed E-state index contributed by atoms with van der Waals surface area (Å²) >= 11 is 8.15. The first-order valence-corrected chi connectivity index (χ1v) is 10.9. The van der Waals surface area contributed by atoms with E-state index in [0.29, 0.717) is 6.61 Å². The number of aliphatic hydroxyl groups is 6. The molecule has 2 saturated heterocycles. The quantitative estimate of drug-likeness (QED) is 0.131. The van der Waals surface area contributed by atoms with Crippen molar-refractivity contribution in [2.45, 2.75) is 80.7 Å². The van der Waals surface area contributed by atoms with Gasteiger partial charge in [-0.1, -0.05) is 6.42 Å². The summed E-state index contributed by atoms with van der Waals surface area (Å²) in [5, 5.41) is 60.5. The van der Waals surface area contributed by atoms with Crippen LogP contribution in [0.3, 0.4) is 0 Å². The Morgan fingerprint density at radius 3 is 2.00 bits per heavy atom. The Hall–Kier alpha value is 0.300. The second-order valence-corrected chi connectivity index (χ2v) is 7.97. The fourth-order valence-electron chi connectivity index (χ4n) is 3.28. The maximum absolute atomic E-state index is 10.5. The smallest absolute Gasteiger partial charge is 0.187 e. The van der Waals surface area contributed by atoms with Crippen LogP contribution in [-0.4, -0.2) is 117 Å². The maximum Gasteiger partial charge on any atom is 0.187 e. The summed E-state index contributed by atoms with van der Waals surface area (Å²) in [6, 6.07) is 0. The third-order valence-corrected chi connectivity index (χ3v) is 5.72. The average molecular weight is 461 g/mol. The molecule has 0 aromatic carbocycles. The lowest BCUT2D eigenvalue weighted by atomic mass is 9.97. The normalized spacial score (nSPS) is 43.4. The molecule has 12 heteroatoms. The van der Waals surface area contributed by atoms with Crippen LogP contribution >= 0.6 is 25.3 Å². The first kappa shape index (κ1) is 25.6. The molecule has 6 N–H and O–H groups in total. The first-order chi connectivity index (χ1) is 13.8. The third kappa shape index (κ3) is 6.40. The van der Waals surface area contributed by atoms with E-state index in [1.807, 2.05) is 0 Å². The molecule has 0 amide bonds. The van der Waals surface area contributed by atoms with Gasteiger partial charge < -0.3 is 49.6 Å². The van der Waals surface area contributed by atoms with Crippen LogP contribution < -0.4 is 0 Å². The van der Waals surface area contributed by atoms with Crippen molar-refractivity contribution < 1.29 is 49.6 Å². The average Bonchev–Trinajstić information content (AvgIpc) is 2.72. The molecule has 10 nitrogen and oxygen atoms in total. The third-order valence-electron chi connectivity index (χ3n) is 5.04. The molecule has 0 radical (unpaired) electrons. The summed E-state index contributed by atoms with van der Waals surface area (Å²) in [6.45, 7) is -0.262. The topological polar surface area (TPSA) is 158 Å². The first-order valence-electron chi connectivity index (χ1n) is 9.66. The highest BCUT2D eigenvalue weighted by Gasteiger charge is 2.50. The van der Waals surface area contributed by atoms with Crippen molar-refractivity contribution in [3.63, 3.8) is 0 Å². The summed E-state index contributed by atoms with van der Waals surface area (Å²) in [7, 11) is 0. The van der Waals surface area contributed by atoms with Crippen molar-refractivity contribution >= 4 is 25.3 Å². The molecule has 2 rings (SSSR count). The lowest BCUT2D eigenvalue weighted by Crippen LogP contribution is -2.64. The van der Waals surface area contributed by atoms with Crippen molar-refractivity contribution in [3.05, 3.63) is 0 Å². The van der Waals surface area contributed by atoms with Gasteiger partial charge in [0.25, 0.3) is 0 Å². The van der Waals surface area contributed by atoms with E-state index in [1.165, 1.54) is 0 Å². The van der Waals surface area contributed by atoms with Crippen LogP contribution in [-0.2, 0) is 18.9 Å². The van der Waals surface area contributed by atoms with Gasteiger partial charge in [-0.15, -0.1) is 0 Å². The van der Waals surface area contributed by atoms with Crippen LogP contribution in [0, 0.1) is 0 Å². The lowest BCUT2D eigenvalue weighted by molar-refractivity contribution is -0.356. The van der Waals surface area contributed by atoms with E-state index in [-0.39, 0.29) is 5.75 Å². The van der Waals surface area contributed by atoms with Crippen LogP contribution in [0.2, 0.25) is 0 Å². The predicted molar refractivity (Wildman–Crippen MR) is 107 cm³/mol. The number of unbranched alkanes of at least 4 members (excludes halogenated alkanes) is 2. The Morgan fingerprint density at radius 2 is 1.38 bits per heavy atom. The van der Waals surface area contributed by atoms with Gasteiger partial charge in [0.2, 0.25) is 0 Å². The molecule has 0 aromatic heterocycles. The molecule has 172 valence electrons. The summed E-state index contributed by atoms with van der Waals surface area (Å²) in [6.07, 6.45) is -10.9. The van der Waals surface area contributed by atoms with Gasteiger partial charge in [0.05, 0.1) is 12.7 Å². The number of thiol groups is 2. The molecular weight excluding hydrogens is 428 g/mol. The van der Waals surface area contributed by atoms with Crippen molar-refractivity contribution in [2.75, 3.05) is 24.7 Å². The zero-order chi connectivity index (χ0) is 21.6. The van der Waals surface area contributed by atoms with E-state index in [0.717, 1.165) is 25.0 Å². The highest BCUT2D eigenvalue weighted by Crippen LogP contribution is 2.29. The van der Waals surface area contributed by atoms with Gasteiger partial charge in [-0.25, -0.2) is 0 Å². The van der Waals surface area contributed by atoms with Crippen LogP contribution in [0.1, 0.15) is 19.3 Å². The van der Waals surface area contributed by atoms with Crippen LogP contribution in [0.25, 0.3) is 0 Å². The summed E-state index contributed by atoms with van der Waals surface area (Å²) < 4.78 is 22.0. The Labute approximate surface area is 180 Å². The van der Waals surface area contributed by atoms with Crippen molar-refractivity contribution in [2.24, 2.45) is 0 Å². The fourth-order valence-corrected chi connectivity index (χ4v) is 3.81. The molecule has 0 spiro atoms. The molecule has 29 heavy (non-hydrogen) atoms. The molecule has 2 heterocycles. The second-order valence-electron chi connectivity index (χ2n) is 7.16. The standard InChI is InChI=1S/C17H32O10S2/c18-6-8-15(27-17-13(22)11(20)10(19)9(7-29)26-17)12(21)14(23)16(25-8)24-4-2-1-3-5-28/h8-23,28-29H,1-7H2/t8?,9?,10-,11-,12?,13?,14-,15-,16+,17-/m0/s1. The minimum absolute atomic E-state index is 0.0454. The van der Waals surface area contributed by atoms with E-state index in [2.05, 4.69) is 25.3 Å². The summed E-state index contributed by atoms with van der Waals surface area (Å²) in [4.78, 5) is 0. The molecule has 4 unspecified atom stereocenters. The minimum atomic E-state index is -1.62. The zero-order valence-electron chi connectivity index (χ0n) is 15.9. The highest BCUT2D eigenvalue weighted by molar-refractivity contribution is 7.80. The van der Waals surface area contributed by atoms with Gasteiger partial charge in [0, 0.05) is 12.4 Å². The Morgan fingerprint density at radius 1 is 0.724 bits per heavy atom. The van der Waals surface area contributed by atoms with E-state index in [4.69, 9.17) is 18.9 Å². The van der Waals surface area contributed by atoms with Gasteiger partial charge in [-0.05, 0) is 18.6 Å². The van der Waals surface area contributed by atoms with Gasteiger partial charge in [0.15, 0.2) is 12.6 Å². The van der Waals surface area contributed by atoms with Crippen LogP contribution in [0.15, 0.2) is 0 Å². The Bertz CT molecular complexity index is 471. The SMILES string of the molecule is OCC1O[C@@H](OCCCCCS)[C@@H](O)C(O)[C@H]1O[C@@H]1OC(CS)[C@H](O)[C@H](O)C1O. The van der Waals surface area contributed by atoms with Crippen molar-refractivity contribution in [1.29, 1.82) is 0 Å². The molecule has 2 fully saturated rings. The molecule has 0 aliphatic carbocycles. The summed E-state index contributed by atoms with van der Waals surface area (Å²) in [5.41, 5.74) is 0. The van der Waals surface area contributed by atoms with Gasteiger partial charge in [0.1, 0.15) is 42.7 Å². The van der Waals surface area contributed by atoms with E-state index >= 15 is 0 Å². The predicted octanol–water partition coefficient (Wildman–Crippen LogP) is -2.34. The number of hydrogen-bond donors (Lipinski definition) is 8. The highest BCUT2D eigenvalue weighted by atomic mass is 32.1. The van der Waals surface area contributed by atoms with Crippen molar-refractivity contribution in [1.82, 2.24) is 0 Å². The Balaban J connectivity index is 1.98. The number of hydrogen-bond acceptors (Lipinski definition) is 12. The maximum atomic E-state index is 10.5. The number of aliphatic hydroxyl groups excluding tert-OH is 6. The molecule has 0 saturated carbocycles. The van der Waals surface area contributed by atoms with Gasteiger partial charge in [-0.3, -0.25) is 0 Å². The summed E-state index contributed by atoms with van der Waals surface area (Å²) in [5.74, 6) is 0.811. The zero-order valence-corrected chi connectivity index (χ0v) is 17.7. The second kappa shape index (κ2) is 12.4. The van der Waals surface area contributed by atoms with E-state index in [1.54, 1.807) is 0 Å². The lowest BCUT2D eigenvalue weighted by Gasteiger charge is -2.46. The van der Waals surface area contributed by atoms with Crippen LogP contribution in [0.4, 0.5) is 0 Å². The van der Waals surface area contributed by atoms with E-state index < -0.39 is 68.0 Å². The van der Waals surface area contributed by atoms with Crippen LogP contribution in [0.5, 0.6) is 0 Å². The fraction of sp³-hybridized carbons (Fsp3) is 1.00. The minimum Gasteiger partial charge on any atom is -0.394 e. The largest absolute Gasteiger partial charge is 0.394 e. The van der Waals surface area contributed by atoms with Gasteiger partial charge >= 0.3 is 0 Å². The molecule has 2 aliphatic rings. The molecule has 0 bridgehead atoms. The monoisotopic (exact) mass is 460 g/mol. The van der Waals surface area contributed by atoms with E-state index in [9.17, 15) is 30.6 Å². The molecule has 10 atom stereocenters.